The van der Waals surface area contributed by atoms with Crippen molar-refractivity contribution < 1.29 is 28.9 Å². The van der Waals surface area contributed by atoms with Crippen molar-refractivity contribution in [2.75, 3.05) is 26.9 Å². The lowest BCUT2D eigenvalue weighted by Gasteiger charge is -2.25. The second-order valence-corrected chi connectivity index (χ2v) is 9.66. The number of ether oxygens (including phenoxy) is 3. The Bertz CT molecular complexity index is 1330. The first-order valence-electron chi connectivity index (χ1n) is 12.6. The van der Waals surface area contributed by atoms with Crippen LogP contribution >= 0.6 is 0 Å². The zero-order chi connectivity index (χ0) is 27.2. The predicted molar refractivity (Wildman–Crippen MR) is 145 cm³/mol. The average molecular weight is 516 g/mol. The van der Waals surface area contributed by atoms with Crippen LogP contribution in [0.2, 0.25) is 0 Å². The molecule has 198 valence electrons. The first-order chi connectivity index (χ1) is 18.3. The quantitative estimate of drug-likeness (QED) is 0.206. The van der Waals surface area contributed by atoms with Gasteiger partial charge in [0.25, 0.3) is 11.7 Å². The average Bonchev–Trinajstić information content (AvgIpc) is 3.16. The summed E-state index contributed by atoms with van der Waals surface area (Å²) >= 11 is 0. The van der Waals surface area contributed by atoms with E-state index in [-0.39, 0.29) is 24.5 Å². The molecule has 0 radical (unpaired) electrons. The maximum absolute atomic E-state index is 13.3. The zero-order valence-electron chi connectivity index (χ0n) is 22.1. The molecule has 3 aromatic carbocycles. The Morgan fingerprint density at radius 3 is 2.39 bits per heavy atom. The molecule has 0 aromatic heterocycles. The van der Waals surface area contributed by atoms with Crippen molar-refractivity contribution >= 4 is 17.4 Å². The largest absolute Gasteiger partial charge is 0.507 e. The molecule has 38 heavy (non-hydrogen) atoms. The van der Waals surface area contributed by atoms with Crippen molar-refractivity contribution in [3.05, 3.63) is 95.1 Å². The lowest BCUT2D eigenvalue weighted by molar-refractivity contribution is -0.140. The summed E-state index contributed by atoms with van der Waals surface area (Å²) in [7, 11) is 1.53. The molecule has 7 nitrogen and oxygen atoms in total. The zero-order valence-corrected chi connectivity index (χ0v) is 22.1. The highest BCUT2D eigenvalue weighted by molar-refractivity contribution is 6.46. The fraction of sp³-hybridized carbons (Fsp3) is 0.290. The number of methoxy groups -OCH3 is 1. The van der Waals surface area contributed by atoms with Gasteiger partial charge in [-0.15, -0.1) is 0 Å². The van der Waals surface area contributed by atoms with Gasteiger partial charge in [0.1, 0.15) is 23.0 Å². The van der Waals surface area contributed by atoms with E-state index in [4.69, 9.17) is 14.2 Å². The molecule has 1 atom stereocenters. The van der Waals surface area contributed by atoms with Crippen LogP contribution < -0.4 is 9.47 Å². The van der Waals surface area contributed by atoms with E-state index in [0.29, 0.717) is 40.9 Å². The van der Waals surface area contributed by atoms with E-state index in [1.807, 2.05) is 43.3 Å². The lowest BCUT2D eigenvalue weighted by Crippen LogP contribution is -2.32. The number of aliphatic hydroxyl groups is 1. The normalized spacial score (nSPS) is 16.8. The Morgan fingerprint density at radius 2 is 1.71 bits per heavy atom. The molecule has 4 rings (SSSR count). The summed E-state index contributed by atoms with van der Waals surface area (Å²) in [6.07, 6.45) is 0. The van der Waals surface area contributed by atoms with E-state index >= 15 is 0 Å². The van der Waals surface area contributed by atoms with Crippen LogP contribution in [0.15, 0.2) is 78.4 Å². The summed E-state index contributed by atoms with van der Waals surface area (Å²) < 4.78 is 17.0. The second kappa shape index (κ2) is 12.0. The van der Waals surface area contributed by atoms with Gasteiger partial charge >= 0.3 is 0 Å². The minimum Gasteiger partial charge on any atom is -0.507 e. The van der Waals surface area contributed by atoms with Gasteiger partial charge in [0.05, 0.1) is 24.8 Å². The molecule has 0 spiro atoms. The molecule has 1 fully saturated rings. The Morgan fingerprint density at radius 1 is 0.974 bits per heavy atom. The minimum atomic E-state index is -0.804. The van der Waals surface area contributed by atoms with E-state index in [1.165, 1.54) is 12.0 Å². The van der Waals surface area contributed by atoms with Gasteiger partial charge in [-0.25, -0.2) is 0 Å². The topological polar surface area (TPSA) is 85.3 Å². The van der Waals surface area contributed by atoms with Crippen molar-refractivity contribution in [3.8, 4) is 17.2 Å². The molecule has 0 aliphatic carbocycles. The smallest absolute Gasteiger partial charge is 0.295 e. The van der Waals surface area contributed by atoms with Gasteiger partial charge in [0, 0.05) is 19.2 Å². The minimum absolute atomic E-state index is 0.0261. The number of amides is 1. The first-order valence-corrected chi connectivity index (χ1v) is 12.6. The molecule has 7 heteroatoms. The molecule has 1 unspecified atom stereocenters. The molecular formula is C31H33NO6. The van der Waals surface area contributed by atoms with Crippen molar-refractivity contribution in [2.45, 2.75) is 26.8 Å². The molecule has 3 aromatic rings. The van der Waals surface area contributed by atoms with E-state index in [9.17, 15) is 14.7 Å². The van der Waals surface area contributed by atoms with Crippen LogP contribution in [-0.2, 0) is 14.3 Å². The van der Waals surface area contributed by atoms with Crippen LogP contribution in [-0.4, -0.2) is 48.6 Å². The highest BCUT2D eigenvalue weighted by atomic mass is 16.5. The van der Waals surface area contributed by atoms with Gasteiger partial charge in [0.2, 0.25) is 0 Å². The third-order valence-corrected chi connectivity index (χ3v) is 6.25. The predicted octanol–water partition coefficient (Wildman–Crippen LogP) is 5.89. The molecule has 0 saturated carbocycles. The van der Waals surface area contributed by atoms with E-state index < -0.39 is 17.7 Å². The van der Waals surface area contributed by atoms with Crippen LogP contribution in [0.4, 0.5) is 0 Å². The van der Waals surface area contributed by atoms with Crippen LogP contribution in [0, 0.1) is 12.8 Å². The number of aryl methyl sites for hydroxylation is 1. The van der Waals surface area contributed by atoms with Crippen LogP contribution in [0.25, 0.3) is 5.76 Å². The van der Waals surface area contributed by atoms with Gasteiger partial charge in [-0.2, -0.15) is 0 Å². The van der Waals surface area contributed by atoms with E-state index in [1.54, 1.807) is 36.4 Å². The molecule has 1 saturated heterocycles. The number of carbonyl (C=O) groups excluding carboxylic acids is 2. The number of nitrogens with zero attached hydrogens (tertiary/aromatic N) is 1. The van der Waals surface area contributed by atoms with E-state index in [0.717, 1.165) is 5.56 Å². The van der Waals surface area contributed by atoms with Crippen molar-refractivity contribution in [1.82, 2.24) is 4.90 Å². The Hall–Kier alpha value is -4.10. The molecule has 1 amide bonds. The van der Waals surface area contributed by atoms with Gasteiger partial charge in [-0.3, -0.25) is 9.59 Å². The lowest BCUT2D eigenvalue weighted by atomic mass is 9.94. The van der Waals surface area contributed by atoms with Crippen LogP contribution in [0.5, 0.6) is 17.2 Å². The summed E-state index contributed by atoms with van der Waals surface area (Å²) in [5.41, 5.74) is 1.92. The number of hydrogen-bond donors (Lipinski definition) is 1. The Kier molecular flexibility index (Phi) is 8.48. The molecule has 1 aliphatic rings. The summed E-state index contributed by atoms with van der Waals surface area (Å²) in [5, 5.41) is 11.4. The van der Waals surface area contributed by atoms with Crippen LogP contribution in [0.3, 0.4) is 0 Å². The first kappa shape index (κ1) is 26.9. The Balaban J connectivity index is 1.76. The third-order valence-electron chi connectivity index (χ3n) is 6.25. The molecule has 1 N–H and O–H groups in total. The highest BCUT2D eigenvalue weighted by Gasteiger charge is 2.46. The van der Waals surface area contributed by atoms with Gasteiger partial charge in [-0.1, -0.05) is 44.2 Å². The van der Waals surface area contributed by atoms with Crippen LogP contribution in [0.1, 0.15) is 36.6 Å². The number of hydrogen-bond acceptors (Lipinski definition) is 6. The highest BCUT2D eigenvalue weighted by Crippen LogP contribution is 2.41. The van der Waals surface area contributed by atoms with Crippen molar-refractivity contribution in [1.29, 1.82) is 0 Å². The number of carbonyl (C=O) groups is 2. The molecule has 1 aliphatic heterocycles. The summed E-state index contributed by atoms with van der Waals surface area (Å²) in [5.74, 6) is 0.626. The number of benzene rings is 3. The maximum Gasteiger partial charge on any atom is 0.295 e. The SMILES string of the molecule is COCCN1C(=O)C(=O)C(=C(O)c2ccc(OCC(C)C)c(C)c2)C1c1cccc(Oc2ccccc2)c1. The number of likely N-dealkylation sites (tertiary alicyclic amines) is 1. The number of para-hydroxylation sites is 1. The summed E-state index contributed by atoms with van der Waals surface area (Å²) in [6, 6.07) is 21.0. The molecular weight excluding hydrogens is 482 g/mol. The van der Waals surface area contributed by atoms with Crippen molar-refractivity contribution in [3.63, 3.8) is 0 Å². The number of rotatable bonds is 10. The van der Waals surface area contributed by atoms with E-state index in [2.05, 4.69) is 13.8 Å². The number of aliphatic hydroxyl groups excluding tert-OH is 1. The van der Waals surface area contributed by atoms with Gasteiger partial charge < -0.3 is 24.2 Å². The maximum atomic E-state index is 13.3. The fourth-order valence-corrected chi connectivity index (χ4v) is 4.39. The number of Topliss-reactive ketones (excluding diaryl/α,β-unsaturated/α-hetero) is 1. The monoisotopic (exact) mass is 515 g/mol. The molecule has 1 heterocycles. The Labute approximate surface area is 223 Å². The number of ketones is 1. The third kappa shape index (κ3) is 5.89. The fourth-order valence-electron chi connectivity index (χ4n) is 4.39. The summed E-state index contributed by atoms with van der Waals surface area (Å²) in [4.78, 5) is 27.8. The molecule has 0 bridgehead atoms. The van der Waals surface area contributed by atoms with Gasteiger partial charge in [-0.05, 0) is 66.4 Å². The van der Waals surface area contributed by atoms with Gasteiger partial charge in [0.15, 0.2) is 0 Å². The van der Waals surface area contributed by atoms with Crippen molar-refractivity contribution in [2.24, 2.45) is 5.92 Å². The summed E-state index contributed by atoms with van der Waals surface area (Å²) in [6.45, 7) is 7.01. The second-order valence-electron chi connectivity index (χ2n) is 9.66. The standard InChI is InChI=1S/C31H33NO6/c1-20(2)19-37-26-14-13-23(17-21(26)3)29(33)27-28(32(15-16-36-4)31(35)30(27)34)22-9-8-12-25(18-22)38-24-10-6-5-7-11-24/h5-14,17-18,20,28,33H,15-16,19H2,1-4H3.